The average molecular weight is 1130 g/mol. The highest BCUT2D eigenvalue weighted by Crippen LogP contribution is 2.49. The number of rotatable bonds is 7. The largest absolute Gasteiger partial charge is 0.507 e. The third kappa shape index (κ3) is 11.0. The van der Waals surface area contributed by atoms with Gasteiger partial charge in [0.1, 0.15) is 40.5 Å². The van der Waals surface area contributed by atoms with E-state index >= 15 is 13.6 Å². The smallest absolute Gasteiger partial charge is 0.341 e. The van der Waals surface area contributed by atoms with E-state index in [0.29, 0.717) is 6.07 Å². The molecule has 9 rings (SSSR count). The molecule has 5 aliphatic rings. The Morgan fingerprint density at radius 2 is 1.59 bits per heavy atom. The number of nitrogens with one attached hydrogen (secondary N) is 1. The van der Waals surface area contributed by atoms with Crippen LogP contribution in [0.2, 0.25) is 0 Å². The summed E-state index contributed by atoms with van der Waals surface area (Å²) in [5, 5.41) is 52.4. The predicted molar refractivity (Wildman–Crippen MR) is 285 cm³/mol. The van der Waals surface area contributed by atoms with E-state index in [9.17, 15) is 53.6 Å². The standard InChI is InChI=1S/C57H59F3N6O15/c1-25-11-10-12-26(2)55(75)62-43-34(23-61-65-18-16-64(17-19-65)54-37(60)22-33-47(71)35(56(76)77)24-66(53(33)63-54)38-14-13-32(58)21-36(38)59)48(72)40-41(49(43)73)46(70)30(6)51-42(40)52(74)57(8,81-51)79-20-15-39(78-9)27(3)50(80-31(7)67)29(5)45(69)28(4)44(25)68/h10-15,20-25,27-29,39,44-45,50,68-70H,16-19H2,1-9H3,(H,62,75)(H,76,77)/t25-,27+,28+,29+,39-,44-,45+,50+,57-/m0/s1. The van der Waals surface area contributed by atoms with Crippen molar-refractivity contribution in [2.75, 3.05) is 38.2 Å². The minimum atomic E-state index is -2.23. The molecule has 0 unspecified atom stereocenters. The maximum atomic E-state index is 16.0. The fourth-order valence-corrected chi connectivity index (χ4v) is 10.4. The number of phenols is 1. The minimum Gasteiger partial charge on any atom is -0.507 e. The Morgan fingerprint density at radius 3 is 2.23 bits per heavy atom. The second-order valence-electron chi connectivity index (χ2n) is 20.6. The van der Waals surface area contributed by atoms with Gasteiger partial charge in [0.2, 0.25) is 11.2 Å². The fourth-order valence-electron chi connectivity index (χ4n) is 10.4. The molecular formula is C57H59F3N6O15. The SMILES string of the molecule is CO[C@H]1C=CO[C@@]2(C)Oc3c(C)c(O)c4c(c3C2=O)C(=O)C(C=NN2CCN(c3nc5c(cc3F)c(=O)c(C(=O)O)cn5-c3ccc(F)cc3F)CC2)=C(NC(=O)C(C)=CC=C[C@H](C)[C@H](O)[C@@H](C)[C@@H](O)[C@@H](C)[C@H](OC(C)=O)[C@@H]1C)C4=O. The molecule has 1 saturated heterocycles. The molecule has 21 nitrogen and oxygen atoms in total. The molecule has 5 N–H and O–H groups in total. The molecule has 9 atom stereocenters. The molecule has 24 heteroatoms. The molecule has 1 amide bonds. The molecule has 6 heterocycles. The van der Waals surface area contributed by atoms with Gasteiger partial charge < -0.3 is 49.6 Å². The zero-order chi connectivity index (χ0) is 59.3. The van der Waals surface area contributed by atoms with E-state index in [1.165, 1.54) is 62.9 Å². The third-order valence-electron chi connectivity index (χ3n) is 15.2. The molecule has 2 aromatic heterocycles. The number of phenolic OH excluding ortho intramolecular Hbond substituents is 1. The number of carbonyl (C=O) groups excluding carboxylic acids is 5. The number of pyridine rings is 2. The summed E-state index contributed by atoms with van der Waals surface area (Å²) in [6.07, 6.45) is 4.46. The van der Waals surface area contributed by atoms with Crippen LogP contribution in [0, 0.1) is 48.0 Å². The van der Waals surface area contributed by atoms with Gasteiger partial charge in [-0.3, -0.25) is 38.3 Å². The molecule has 0 radical (unpaired) electrons. The number of carbonyl (C=O) groups is 6. The summed E-state index contributed by atoms with van der Waals surface area (Å²) in [4.78, 5) is 102. The van der Waals surface area contributed by atoms with Gasteiger partial charge in [-0.25, -0.2) is 22.9 Å². The van der Waals surface area contributed by atoms with Crippen LogP contribution in [0.4, 0.5) is 19.0 Å². The minimum absolute atomic E-state index is 0.00322. The molecule has 81 heavy (non-hydrogen) atoms. The summed E-state index contributed by atoms with van der Waals surface area (Å²) < 4.78 is 69.6. The highest BCUT2D eigenvalue weighted by Gasteiger charge is 2.53. The van der Waals surface area contributed by atoms with Gasteiger partial charge in [-0.1, -0.05) is 45.9 Å². The number of carboxylic acids is 1. The van der Waals surface area contributed by atoms with Crippen molar-refractivity contribution in [2.24, 2.45) is 28.8 Å². The van der Waals surface area contributed by atoms with E-state index in [1.54, 1.807) is 33.8 Å². The van der Waals surface area contributed by atoms with E-state index in [4.69, 9.17) is 18.9 Å². The number of nitrogens with zero attached hydrogens (tertiary/aromatic N) is 5. The average Bonchev–Trinajstić information content (AvgIpc) is 3.90. The molecule has 4 aromatic rings. The Morgan fingerprint density at radius 1 is 0.901 bits per heavy atom. The zero-order valence-electron chi connectivity index (χ0n) is 45.4. The number of aliphatic hydroxyl groups is 2. The lowest BCUT2D eigenvalue weighted by Gasteiger charge is -2.38. The monoisotopic (exact) mass is 1120 g/mol. The number of aromatic hydroxyl groups is 1. The highest BCUT2D eigenvalue weighted by molar-refractivity contribution is 6.37. The van der Waals surface area contributed by atoms with Gasteiger partial charge in [-0.05, 0) is 38.1 Å². The van der Waals surface area contributed by atoms with Gasteiger partial charge in [0.25, 0.3) is 11.7 Å². The zero-order valence-corrected chi connectivity index (χ0v) is 45.4. The Bertz CT molecular complexity index is 3530. The van der Waals surface area contributed by atoms with Crippen LogP contribution in [0.25, 0.3) is 16.7 Å². The lowest BCUT2D eigenvalue weighted by atomic mass is 9.78. The van der Waals surface area contributed by atoms with Crippen molar-refractivity contribution in [3.8, 4) is 17.2 Å². The van der Waals surface area contributed by atoms with E-state index in [-0.39, 0.29) is 60.2 Å². The van der Waals surface area contributed by atoms with E-state index in [2.05, 4.69) is 15.4 Å². The van der Waals surface area contributed by atoms with Crippen molar-refractivity contribution >= 4 is 58.3 Å². The summed E-state index contributed by atoms with van der Waals surface area (Å²) in [6, 6.07) is 3.21. The summed E-state index contributed by atoms with van der Waals surface area (Å²) in [6.45, 7) is 11.7. The summed E-state index contributed by atoms with van der Waals surface area (Å²) in [7, 11) is 1.37. The van der Waals surface area contributed by atoms with Crippen LogP contribution >= 0.6 is 0 Å². The van der Waals surface area contributed by atoms with Gasteiger partial charge >= 0.3 is 17.7 Å². The number of ether oxygens (including phenoxy) is 4. The van der Waals surface area contributed by atoms with E-state index < -0.39 is 157 Å². The number of amides is 1. The van der Waals surface area contributed by atoms with Crippen LogP contribution in [-0.4, -0.2) is 140 Å². The molecular weight excluding hydrogens is 1070 g/mol. The first-order chi connectivity index (χ1) is 38.2. The van der Waals surface area contributed by atoms with Crippen LogP contribution in [0.1, 0.15) is 95.5 Å². The number of hydrazone groups is 1. The first-order valence-electron chi connectivity index (χ1n) is 25.7. The van der Waals surface area contributed by atoms with Crippen molar-refractivity contribution in [2.45, 2.75) is 85.6 Å². The molecule has 1 aliphatic carbocycles. The number of aromatic nitrogens is 2. The van der Waals surface area contributed by atoms with Crippen molar-refractivity contribution in [1.29, 1.82) is 0 Å². The number of hydrogen-bond acceptors (Lipinski definition) is 18. The molecule has 0 spiro atoms. The van der Waals surface area contributed by atoms with Gasteiger partial charge in [0.15, 0.2) is 23.1 Å². The van der Waals surface area contributed by atoms with Crippen LogP contribution in [0.3, 0.4) is 0 Å². The van der Waals surface area contributed by atoms with Crippen LogP contribution < -0.4 is 20.4 Å². The first-order valence-corrected chi connectivity index (χ1v) is 25.7. The molecule has 4 aliphatic heterocycles. The van der Waals surface area contributed by atoms with E-state index in [1.807, 2.05) is 0 Å². The Hall–Kier alpha value is -8.48. The molecule has 1 fully saturated rings. The van der Waals surface area contributed by atoms with E-state index in [0.717, 1.165) is 41.4 Å². The maximum Gasteiger partial charge on any atom is 0.341 e. The quantitative estimate of drug-likeness (QED) is 0.111. The van der Waals surface area contributed by atoms with Crippen molar-refractivity contribution in [3.05, 3.63) is 133 Å². The number of Topliss-reactive ketones (excluding diaryl/α,β-unsaturated/α-hetero) is 3. The Labute approximate surface area is 461 Å². The van der Waals surface area contributed by atoms with Crippen LogP contribution in [-0.2, 0) is 23.8 Å². The normalized spacial score (nSPS) is 25.8. The number of methoxy groups -OCH3 is 1. The van der Waals surface area contributed by atoms with Crippen LogP contribution in [0.5, 0.6) is 11.5 Å². The Balaban J connectivity index is 1.16. The maximum absolute atomic E-state index is 16.0. The topological polar surface area (TPSA) is 286 Å². The fraction of sp³-hybridized carbons (Fsp3) is 0.386. The third-order valence-corrected chi connectivity index (χ3v) is 15.2. The second-order valence-corrected chi connectivity index (χ2v) is 20.6. The number of allylic oxidation sites excluding steroid dienone is 4. The van der Waals surface area contributed by atoms with Gasteiger partial charge in [-0.15, -0.1) is 0 Å². The van der Waals surface area contributed by atoms with Crippen molar-refractivity contribution in [3.63, 3.8) is 0 Å². The molecule has 0 saturated carbocycles. The number of fused-ring (bicyclic) bond motifs is 15. The highest BCUT2D eigenvalue weighted by atomic mass is 19.1. The van der Waals surface area contributed by atoms with Crippen molar-refractivity contribution < 1.29 is 81.3 Å². The predicted octanol–water partition coefficient (Wildman–Crippen LogP) is 5.62. The lowest BCUT2D eigenvalue weighted by Crippen LogP contribution is -2.46. The number of aliphatic hydroxyl groups excluding tert-OH is 2. The lowest BCUT2D eigenvalue weighted by molar-refractivity contribution is -0.160. The number of halogens is 3. The summed E-state index contributed by atoms with van der Waals surface area (Å²) in [5.74, 6) is -15.9. The summed E-state index contributed by atoms with van der Waals surface area (Å²) >= 11 is 0. The number of hydrogen-bond donors (Lipinski definition) is 5. The van der Waals surface area contributed by atoms with Gasteiger partial charge in [0, 0.05) is 81.1 Å². The number of aromatic carboxylic acids is 1. The Kier molecular flexibility index (Phi) is 16.6. The molecule has 2 aromatic carbocycles. The first kappa shape index (κ1) is 58.7. The van der Waals surface area contributed by atoms with Crippen molar-refractivity contribution in [1.82, 2.24) is 19.9 Å². The molecule has 428 valence electrons. The number of piperazine rings is 1. The second kappa shape index (κ2) is 22.9. The number of carboxylic acid groups (broad SMARTS) is 1. The number of benzene rings is 2. The number of ketones is 3. The van der Waals surface area contributed by atoms with Crippen LogP contribution in [0.15, 0.2) is 87.8 Å². The summed E-state index contributed by atoms with van der Waals surface area (Å²) in [5.41, 5.74) is -5.58. The molecule has 5 bridgehead atoms. The number of esters is 1. The number of anilines is 1. The van der Waals surface area contributed by atoms with Gasteiger partial charge in [0.05, 0.1) is 77.2 Å². The van der Waals surface area contributed by atoms with Gasteiger partial charge in [-0.2, -0.15) is 5.10 Å².